The molecule has 0 N–H and O–H groups in total. The molecule has 1 aromatic rings. The summed E-state index contributed by atoms with van der Waals surface area (Å²) < 4.78 is 0. The van der Waals surface area contributed by atoms with Gasteiger partial charge in [-0.25, -0.2) is 0 Å². The molecule has 8 bridgehead atoms. The molecule has 3 nitrogen and oxygen atoms in total. The van der Waals surface area contributed by atoms with Crippen LogP contribution in [0.4, 0.5) is 11.4 Å². The van der Waals surface area contributed by atoms with Crippen LogP contribution >= 0.6 is 0 Å². The summed E-state index contributed by atoms with van der Waals surface area (Å²) in [6, 6.07) is 4.02. The first kappa shape index (κ1) is 25.3. The summed E-state index contributed by atoms with van der Waals surface area (Å²) in [7, 11) is 0. The van der Waals surface area contributed by atoms with E-state index in [1.54, 1.807) is 30.6 Å². The predicted octanol–water partition coefficient (Wildman–Crippen LogP) is 9.30. The number of pyridine rings is 1. The molecule has 0 spiro atoms. The van der Waals surface area contributed by atoms with E-state index >= 15 is 0 Å². The highest BCUT2D eigenvalue weighted by Crippen LogP contribution is 2.63. The third-order valence-corrected chi connectivity index (χ3v) is 14.2. The lowest BCUT2D eigenvalue weighted by Gasteiger charge is -2.65. The van der Waals surface area contributed by atoms with Gasteiger partial charge in [0.25, 0.3) is 0 Å². The first-order valence-corrected chi connectivity index (χ1v) is 18.2. The first-order chi connectivity index (χ1) is 19.7. The lowest BCUT2D eigenvalue weighted by molar-refractivity contribution is -0.0118. The van der Waals surface area contributed by atoms with E-state index in [4.69, 9.17) is 4.98 Å². The van der Waals surface area contributed by atoms with Crippen LogP contribution in [0, 0.1) is 35.5 Å². The monoisotopic (exact) mass is 541 g/mol. The zero-order chi connectivity index (χ0) is 26.3. The molecule has 0 unspecified atom stereocenters. The second-order valence-electron chi connectivity index (χ2n) is 17.0. The van der Waals surface area contributed by atoms with Crippen molar-refractivity contribution in [3.63, 3.8) is 0 Å². The van der Waals surface area contributed by atoms with Crippen LogP contribution in [0.3, 0.4) is 0 Å². The SMILES string of the molecule is c1cc(N(C2CCCCC2)C23CC4CC(CC(C4)C2)C3)c(N(C2CCCCC2)C23CC4CC(CC(C4)C2)C3)cn1. The van der Waals surface area contributed by atoms with Gasteiger partial charge in [-0.15, -0.1) is 0 Å². The molecule has 10 fully saturated rings. The molecule has 11 rings (SSSR count). The Bertz CT molecular complexity index is 925. The van der Waals surface area contributed by atoms with Crippen molar-refractivity contribution in [1.82, 2.24) is 4.98 Å². The Morgan fingerprint density at radius 1 is 0.500 bits per heavy atom. The molecule has 1 aromatic heterocycles. The summed E-state index contributed by atoms with van der Waals surface area (Å²) in [5.41, 5.74) is 4.07. The Morgan fingerprint density at radius 3 is 1.27 bits per heavy atom. The Labute approximate surface area is 244 Å². The topological polar surface area (TPSA) is 19.4 Å². The minimum Gasteiger partial charge on any atom is -0.361 e. The fourth-order valence-corrected chi connectivity index (χ4v) is 13.8. The average Bonchev–Trinajstić information content (AvgIpc) is 2.94. The van der Waals surface area contributed by atoms with Gasteiger partial charge in [0.1, 0.15) is 0 Å². The van der Waals surface area contributed by atoms with E-state index in [1.807, 2.05) is 0 Å². The van der Waals surface area contributed by atoms with E-state index in [1.165, 1.54) is 122 Å². The molecule has 3 heteroatoms. The first-order valence-electron chi connectivity index (χ1n) is 18.2. The fourth-order valence-electron chi connectivity index (χ4n) is 13.8. The van der Waals surface area contributed by atoms with Crippen molar-refractivity contribution in [2.75, 3.05) is 9.80 Å². The highest BCUT2D eigenvalue weighted by molar-refractivity contribution is 5.74. The number of hydrogen-bond acceptors (Lipinski definition) is 3. The molecule has 0 radical (unpaired) electrons. The van der Waals surface area contributed by atoms with Crippen LogP contribution in [-0.2, 0) is 0 Å². The van der Waals surface area contributed by atoms with Gasteiger partial charge in [-0.1, -0.05) is 38.5 Å². The summed E-state index contributed by atoms with van der Waals surface area (Å²) in [4.78, 5) is 11.4. The summed E-state index contributed by atoms with van der Waals surface area (Å²) in [6.07, 6.45) is 37.1. The lowest BCUT2D eigenvalue weighted by atomic mass is 9.52. The maximum absolute atomic E-state index is 4.99. The third kappa shape index (κ3) is 4.05. The Balaban J connectivity index is 1.18. The number of nitrogens with zero attached hydrogens (tertiary/aromatic N) is 3. The molecule has 1 heterocycles. The Morgan fingerprint density at radius 2 is 0.875 bits per heavy atom. The minimum atomic E-state index is 0.411. The minimum absolute atomic E-state index is 0.411. The highest BCUT2D eigenvalue weighted by atomic mass is 15.3. The maximum Gasteiger partial charge on any atom is 0.0797 e. The van der Waals surface area contributed by atoms with Crippen molar-refractivity contribution in [2.24, 2.45) is 35.5 Å². The standard InChI is InChI=1S/C37H55N3/c1-3-7-32(8-4-1)39(36-19-26-13-27(20-36)15-28(14-26)21-36)34-11-12-38-25-35(34)40(33-9-5-2-6-10-33)37-22-29-16-30(23-37)18-31(17-29)24-37/h11-12,25-33H,1-10,13-24H2. The van der Waals surface area contributed by atoms with Crippen molar-refractivity contribution < 1.29 is 0 Å². The van der Waals surface area contributed by atoms with Crippen molar-refractivity contribution >= 4 is 11.4 Å². The van der Waals surface area contributed by atoms with Crippen LogP contribution in [0.15, 0.2) is 18.5 Å². The van der Waals surface area contributed by atoms with Gasteiger partial charge >= 0.3 is 0 Å². The third-order valence-electron chi connectivity index (χ3n) is 14.2. The number of anilines is 2. The summed E-state index contributed by atoms with van der Waals surface area (Å²) >= 11 is 0. The van der Waals surface area contributed by atoms with Gasteiger partial charge in [0.15, 0.2) is 0 Å². The number of hydrogen-bond donors (Lipinski definition) is 0. The van der Waals surface area contributed by atoms with Gasteiger partial charge in [0.05, 0.1) is 17.6 Å². The van der Waals surface area contributed by atoms with E-state index < -0.39 is 0 Å². The molecule has 218 valence electrons. The summed E-state index contributed by atoms with van der Waals surface area (Å²) in [5.74, 6) is 5.99. The second kappa shape index (κ2) is 9.63. The van der Waals surface area contributed by atoms with Gasteiger partial charge in [-0.3, -0.25) is 4.98 Å². The molecule has 0 aromatic carbocycles. The van der Waals surface area contributed by atoms with Crippen LogP contribution < -0.4 is 9.80 Å². The number of aromatic nitrogens is 1. The van der Waals surface area contributed by atoms with E-state index in [0.29, 0.717) is 11.1 Å². The number of rotatable bonds is 6. The zero-order valence-corrected chi connectivity index (χ0v) is 25.2. The van der Waals surface area contributed by atoms with E-state index in [2.05, 4.69) is 28.3 Å². The van der Waals surface area contributed by atoms with Gasteiger partial charge in [-0.05, 0) is 144 Å². The van der Waals surface area contributed by atoms with E-state index in [9.17, 15) is 0 Å². The largest absolute Gasteiger partial charge is 0.361 e. The van der Waals surface area contributed by atoms with Gasteiger partial charge in [0, 0.05) is 29.4 Å². The molecule has 0 amide bonds. The van der Waals surface area contributed by atoms with Crippen molar-refractivity contribution in [3.05, 3.63) is 18.5 Å². The summed E-state index contributed by atoms with van der Waals surface area (Å²) in [6.45, 7) is 0. The van der Waals surface area contributed by atoms with Crippen LogP contribution in [0.2, 0.25) is 0 Å². The van der Waals surface area contributed by atoms with Gasteiger partial charge in [-0.2, -0.15) is 0 Å². The average molecular weight is 542 g/mol. The molecular weight excluding hydrogens is 486 g/mol. The fraction of sp³-hybridized carbons (Fsp3) is 0.865. The van der Waals surface area contributed by atoms with Crippen molar-refractivity contribution in [2.45, 2.75) is 164 Å². The molecule has 0 saturated heterocycles. The van der Waals surface area contributed by atoms with Crippen LogP contribution in [-0.4, -0.2) is 28.1 Å². The van der Waals surface area contributed by atoms with E-state index in [-0.39, 0.29) is 0 Å². The van der Waals surface area contributed by atoms with Crippen molar-refractivity contribution in [1.29, 1.82) is 0 Å². The van der Waals surface area contributed by atoms with Crippen molar-refractivity contribution in [3.8, 4) is 0 Å². The van der Waals surface area contributed by atoms with Crippen LogP contribution in [0.1, 0.15) is 141 Å². The lowest BCUT2D eigenvalue weighted by Crippen LogP contribution is -2.65. The Kier molecular flexibility index (Phi) is 6.08. The molecule has 0 aliphatic heterocycles. The summed E-state index contributed by atoms with van der Waals surface area (Å²) in [5, 5.41) is 0. The van der Waals surface area contributed by atoms with Gasteiger partial charge in [0.2, 0.25) is 0 Å². The normalized spacial score (nSPS) is 44.3. The quantitative estimate of drug-likeness (QED) is 0.358. The highest BCUT2D eigenvalue weighted by Gasteiger charge is 2.58. The smallest absolute Gasteiger partial charge is 0.0797 e. The van der Waals surface area contributed by atoms with E-state index in [0.717, 1.165) is 47.6 Å². The molecule has 0 atom stereocenters. The predicted molar refractivity (Wildman–Crippen MR) is 165 cm³/mol. The molecule has 40 heavy (non-hydrogen) atoms. The zero-order valence-electron chi connectivity index (χ0n) is 25.2. The molecule has 10 aliphatic rings. The molecule has 10 aliphatic carbocycles. The Hall–Kier alpha value is -1.25. The van der Waals surface area contributed by atoms with Crippen LogP contribution in [0.5, 0.6) is 0 Å². The van der Waals surface area contributed by atoms with Crippen LogP contribution in [0.25, 0.3) is 0 Å². The van der Waals surface area contributed by atoms with Gasteiger partial charge < -0.3 is 9.80 Å². The molecule has 10 saturated carbocycles. The second-order valence-corrected chi connectivity index (χ2v) is 17.0. The molecular formula is C37H55N3. The maximum atomic E-state index is 4.99.